The van der Waals surface area contributed by atoms with Crippen LogP contribution in [0.4, 0.5) is 10.5 Å². The summed E-state index contributed by atoms with van der Waals surface area (Å²) in [6.07, 6.45) is 1.29. The first-order chi connectivity index (χ1) is 9.96. The normalized spacial score (nSPS) is 13.1. The summed E-state index contributed by atoms with van der Waals surface area (Å²) < 4.78 is 5.66. The SMILES string of the molecule is CCC(C)Oc1cccc(NC(=O)N[C@H](CC)C(=O)O)c1. The smallest absolute Gasteiger partial charge is 0.326 e. The second-order valence-corrected chi connectivity index (χ2v) is 4.76. The lowest BCUT2D eigenvalue weighted by Crippen LogP contribution is -2.42. The van der Waals surface area contributed by atoms with Gasteiger partial charge >= 0.3 is 12.0 Å². The molecule has 0 fully saturated rings. The molecule has 2 amide bonds. The summed E-state index contributed by atoms with van der Waals surface area (Å²) in [5.74, 6) is -0.395. The van der Waals surface area contributed by atoms with Crippen molar-refractivity contribution in [2.45, 2.75) is 45.8 Å². The van der Waals surface area contributed by atoms with Gasteiger partial charge in [-0.05, 0) is 31.9 Å². The Morgan fingerprint density at radius 1 is 1.29 bits per heavy atom. The number of carbonyl (C=O) groups excluding carboxylic acids is 1. The van der Waals surface area contributed by atoms with E-state index in [0.29, 0.717) is 17.9 Å². The Bertz CT molecular complexity index is 490. The molecule has 0 bridgehead atoms. The molecule has 1 unspecified atom stereocenters. The van der Waals surface area contributed by atoms with Crippen LogP contribution in [-0.2, 0) is 4.79 Å². The highest BCUT2D eigenvalue weighted by Gasteiger charge is 2.17. The average molecular weight is 294 g/mol. The predicted octanol–water partition coefficient (Wildman–Crippen LogP) is 2.85. The van der Waals surface area contributed by atoms with Crippen LogP contribution in [0.3, 0.4) is 0 Å². The van der Waals surface area contributed by atoms with Crippen molar-refractivity contribution in [3.05, 3.63) is 24.3 Å². The summed E-state index contributed by atoms with van der Waals surface area (Å²) in [6, 6.07) is 5.54. The number of benzene rings is 1. The number of rotatable bonds is 7. The summed E-state index contributed by atoms with van der Waals surface area (Å²) in [5, 5.41) is 13.9. The van der Waals surface area contributed by atoms with Crippen molar-refractivity contribution < 1.29 is 19.4 Å². The third kappa shape index (κ3) is 5.72. The van der Waals surface area contributed by atoms with E-state index < -0.39 is 18.0 Å². The van der Waals surface area contributed by atoms with Crippen LogP contribution in [0.1, 0.15) is 33.6 Å². The lowest BCUT2D eigenvalue weighted by Gasteiger charge is -2.15. The van der Waals surface area contributed by atoms with Gasteiger partial charge < -0.3 is 20.5 Å². The first-order valence-corrected chi connectivity index (χ1v) is 7.03. The number of hydrogen-bond donors (Lipinski definition) is 3. The van der Waals surface area contributed by atoms with Crippen LogP contribution in [0.25, 0.3) is 0 Å². The van der Waals surface area contributed by atoms with Gasteiger partial charge in [-0.15, -0.1) is 0 Å². The summed E-state index contributed by atoms with van der Waals surface area (Å²) in [7, 11) is 0. The number of aliphatic carboxylic acids is 1. The topological polar surface area (TPSA) is 87.7 Å². The van der Waals surface area contributed by atoms with Gasteiger partial charge in [-0.1, -0.05) is 19.9 Å². The van der Waals surface area contributed by atoms with Gasteiger partial charge in [-0.2, -0.15) is 0 Å². The maximum absolute atomic E-state index is 11.7. The zero-order chi connectivity index (χ0) is 15.8. The quantitative estimate of drug-likeness (QED) is 0.721. The van der Waals surface area contributed by atoms with Crippen molar-refractivity contribution in [1.29, 1.82) is 0 Å². The molecular weight excluding hydrogens is 272 g/mol. The molecule has 6 heteroatoms. The van der Waals surface area contributed by atoms with Crippen LogP contribution >= 0.6 is 0 Å². The third-order valence-corrected chi connectivity index (χ3v) is 3.02. The predicted molar refractivity (Wildman–Crippen MR) is 80.7 cm³/mol. The first kappa shape index (κ1) is 16.8. The molecule has 0 aliphatic rings. The van der Waals surface area contributed by atoms with Gasteiger partial charge in [-0.3, -0.25) is 0 Å². The number of urea groups is 1. The number of anilines is 1. The molecule has 0 saturated heterocycles. The van der Waals surface area contributed by atoms with E-state index in [2.05, 4.69) is 10.6 Å². The molecule has 3 N–H and O–H groups in total. The van der Waals surface area contributed by atoms with E-state index >= 15 is 0 Å². The molecular formula is C15H22N2O4. The lowest BCUT2D eigenvalue weighted by molar-refractivity contribution is -0.139. The molecule has 1 aromatic rings. The standard InChI is InChI=1S/C15H22N2O4/c1-4-10(3)21-12-8-6-7-11(9-12)16-15(20)17-13(5-2)14(18)19/h6-10,13H,4-5H2,1-3H3,(H,18,19)(H2,16,17,20)/t10?,13-/m1/s1. The number of carbonyl (C=O) groups is 2. The molecule has 116 valence electrons. The van der Waals surface area contributed by atoms with Crippen molar-refractivity contribution >= 4 is 17.7 Å². The Balaban J connectivity index is 2.64. The Morgan fingerprint density at radius 3 is 2.57 bits per heavy atom. The van der Waals surface area contributed by atoms with Gasteiger partial charge in [0, 0.05) is 11.8 Å². The summed E-state index contributed by atoms with van der Waals surface area (Å²) in [5.41, 5.74) is 0.550. The molecule has 0 heterocycles. The van der Waals surface area contributed by atoms with Crippen molar-refractivity contribution in [3.8, 4) is 5.75 Å². The fourth-order valence-electron chi connectivity index (χ4n) is 1.63. The zero-order valence-electron chi connectivity index (χ0n) is 12.6. The number of carboxylic acid groups (broad SMARTS) is 1. The van der Waals surface area contributed by atoms with Gasteiger partial charge in [0.15, 0.2) is 0 Å². The number of hydrogen-bond acceptors (Lipinski definition) is 3. The molecule has 0 aliphatic carbocycles. The minimum absolute atomic E-state index is 0.0885. The highest BCUT2D eigenvalue weighted by atomic mass is 16.5. The molecule has 2 atom stereocenters. The summed E-state index contributed by atoms with van der Waals surface area (Å²) in [6.45, 7) is 5.68. The Hall–Kier alpha value is -2.24. The summed E-state index contributed by atoms with van der Waals surface area (Å²) in [4.78, 5) is 22.6. The first-order valence-electron chi connectivity index (χ1n) is 7.03. The van der Waals surface area contributed by atoms with Crippen LogP contribution in [0.2, 0.25) is 0 Å². The van der Waals surface area contributed by atoms with E-state index in [1.807, 2.05) is 13.8 Å². The van der Waals surface area contributed by atoms with Crippen LogP contribution in [0.5, 0.6) is 5.75 Å². The molecule has 0 spiro atoms. The Kier molecular flexibility index (Phi) is 6.52. The van der Waals surface area contributed by atoms with Gasteiger partial charge in [0.05, 0.1) is 6.10 Å². The van der Waals surface area contributed by atoms with Crippen LogP contribution in [-0.4, -0.2) is 29.3 Å². The second kappa shape index (κ2) is 8.14. The van der Waals surface area contributed by atoms with E-state index in [1.165, 1.54) is 0 Å². The molecule has 0 aliphatic heterocycles. The van der Waals surface area contributed by atoms with Crippen LogP contribution < -0.4 is 15.4 Å². The molecule has 0 aromatic heterocycles. The zero-order valence-corrected chi connectivity index (χ0v) is 12.6. The third-order valence-electron chi connectivity index (χ3n) is 3.02. The van der Waals surface area contributed by atoms with Crippen LogP contribution in [0, 0.1) is 0 Å². The number of amides is 2. The highest BCUT2D eigenvalue weighted by molar-refractivity contribution is 5.92. The number of carboxylic acids is 1. The second-order valence-electron chi connectivity index (χ2n) is 4.76. The molecule has 0 saturated carbocycles. The molecule has 1 aromatic carbocycles. The fraction of sp³-hybridized carbons (Fsp3) is 0.467. The van der Waals surface area contributed by atoms with Crippen molar-refractivity contribution in [1.82, 2.24) is 5.32 Å². The molecule has 6 nitrogen and oxygen atoms in total. The summed E-state index contributed by atoms with van der Waals surface area (Å²) >= 11 is 0. The highest BCUT2D eigenvalue weighted by Crippen LogP contribution is 2.19. The van der Waals surface area contributed by atoms with E-state index in [1.54, 1.807) is 31.2 Å². The van der Waals surface area contributed by atoms with Gasteiger partial charge in [0.1, 0.15) is 11.8 Å². The average Bonchev–Trinajstić information content (AvgIpc) is 2.44. The van der Waals surface area contributed by atoms with Gasteiger partial charge in [-0.25, -0.2) is 9.59 Å². The van der Waals surface area contributed by atoms with Crippen LogP contribution in [0.15, 0.2) is 24.3 Å². The van der Waals surface area contributed by atoms with Crippen molar-refractivity contribution in [2.75, 3.05) is 5.32 Å². The fourth-order valence-corrected chi connectivity index (χ4v) is 1.63. The maximum Gasteiger partial charge on any atom is 0.326 e. The largest absolute Gasteiger partial charge is 0.491 e. The van der Waals surface area contributed by atoms with E-state index in [4.69, 9.17) is 9.84 Å². The monoisotopic (exact) mass is 294 g/mol. The van der Waals surface area contributed by atoms with Crippen molar-refractivity contribution in [2.24, 2.45) is 0 Å². The van der Waals surface area contributed by atoms with Gasteiger partial charge in [0.2, 0.25) is 0 Å². The Labute approximate surface area is 124 Å². The molecule has 0 radical (unpaired) electrons. The maximum atomic E-state index is 11.7. The number of nitrogens with one attached hydrogen (secondary N) is 2. The van der Waals surface area contributed by atoms with E-state index in [9.17, 15) is 9.59 Å². The van der Waals surface area contributed by atoms with E-state index in [-0.39, 0.29) is 6.10 Å². The van der Waals surface area contributed by atoms with Gasteiger partial charge in [0.25, 0.3) is 0 Å². The number of ether oxygens (including phenoxy) is 1. The van der Waals surface area contributed by atoms with Crippen molar-refractivity contribution in [3.63, 3.8) is 0 Å². The minimum atomic E-state index is -1.05. The lowest BCUT2D eigenvalue weighted by atomic mass is 10.2. The molecule has 21 heavy (non-hydrogen) atoms. The molecule has 1 rings (SSSR count). The Morgan fingerprint density at radius 2 is 2.00 bits per heavy atom. The minimum Gasteiger partial charge on any atom is -0.491 e. The van der Waals surface area contributed by atoms with E-state index in [0.717, 1.165) is 6.42 Å².